The molecule has 0 bridgehead atoms. The van der Waals surface area contributed by atoms with Crippen LogP contribution < -0.4 is 5.43 Å². The van der Waals surface area contributed by atoms with Gasteiger partial charge in [0, 0.05) is 19.6 Å². The molecular weight excluding hydrogens is 286 g/mol. The summed E-state index contributed by atoms with van der Waals surface area (Å²) in [7, 11) is 0. The summed E-state index contributed by atoms with van der Waals surface area (Å²) in [6.45, 7) is 4.71. The number of hydrogen-bond acceptors (Lipinski definition) is 3. The van der Waals surface area contributed by atoms with Gasteiger partial charge in [-0.25, -0.2) is 8.78 Å². The number of hydrazone groups is 1. The van der Waals surface area contributed by atoms with Crippen molar-refractivity contribution in [1.82, 2.24) is 10.3 Å². The van der Waals surface area contributed by atoms with Crippen LogP contribution in [0.15, 0.2) is 40.4 Å². The van der Waals surface area contributed by atoms with E-state index in [-0.39, 0.29) is 6.04 Å². The zero-order valence-electron chi connectivity index (χ0n) is 12.8. The molecular formula is C16H22F2N4. The molecule has 1 aromatic carbocycles. The summed E-state index contributed by atoms with van der Waals surface area (Å²) >= 11 is 0. The van der Waals surface area contributed by atoms with E-state index in [0.29, 0.717) is 12.1 Å². The zero-order chi connectivity index (χ0) is 15.8. The predicted molar refractivity (Wildman–Crippen MR) is 85.5 cm³/mol. The number of aliphatic imine (C=N–C) groups is 1. The second-order valence-electron chi connectivity index (χ2n) is 5.43. The second kappa shape index (κ2) is 8.58. The Labute approximate surface area is 129 Å². The van der Waals surface area contributed by atoms with Crippen molar-refractivity contribution < 1.29 is 8.78 Å². The lowest BCUT2D eigenvalue weighted by Crippen LogP contribution is -2.35. The minimum Gasteiger partial charge on any atom is -0.299 e. The first-order valence-corrected chi connectivity index (χ1v) is 7.51. The van der Waals surface area contributed by atoms with Gasteiger partial charge in [0.1, 0.15) is 5.84 Å². The lowest BCUT2D eigenvalue weighted by atomic mass is 10.0. The molecule has 0 unspecified atom stereocenters. The van der Waals surface area contributed by atoms with E-state index in [9.17, 15) is 8.78 Å². The normalized spacial score (nSPS) is 18.3. The van der Waals surface area contributed by atoms with Gasteiger partial charge in [0.2, 0.25) is 0 Å². The Balaban J connectivity index is 1.74. The Hall–Kier alpha value is -1.82. The molecule has 0 radical (unpaired) electrons. The molecule has 0 aromatic heterocycles. The van der Waals surface area contributed by atoms with Gasteiger partial charge in [-0.2, -0.15) is 5.10 Å². The molecule has 2 rings (SSSR count). The maximum absolute atomic E-state index is 11.9. The fraction of sp³-hybridized carbons (Fsp3) is 0.500. The van der Waals surface area contributed by atoms with Crippen molar-refractivity contribution in [2.45, 2.75) is 38.8 Å². The smallest absolute Gasteiger partial charge is 0.275 e. The van der Waals surface area contributed by atoms with Gasteiger partial charge in [0.15, 0.2) is 0 Å². The van der Waals surface area contributed by atoms with E-state index >= 15 is 0 Å². The Morgan fingerprint density at radius 2 is 2.00 bits per heavy atom. The van der Waals surface area contributed by atoms with E-state index < -0.39 is 6.43 Å². The number of rotatable bonds is 5. The molecule has 0 aliphatic carbocycles. The van der Waals surface area contributed by atoms with Crippen molar-refractivity contribution in [3.8, 4) is 0 Å². The van der Waals surface area contributed by atoms with Crippen LogP contribution in [0, 0.1) is 0 Å². The summed E-state index contributed by atoms with van der Waals surface area (Å²) in [5.41, 5.74) is 3.86. The van der Waals surface area contributed by atoms with Crippen molar-refractivity contribution in [3.63, 3.8) is 0 Å². The fourth-order valence-corrected chi connectivity index (χ4v) is 2.54. The number of benzene rings is 1. The van der Waals surface area contributed by atoms with Crippen LogP contribution in [0.3, 0.4) is 0 Å². The van der Waals surface area contributed by atoms with E-state index in [0.717, 1.165) is 32.5 Å². The number of halogens is 2. The summed E-state index contributed by atoms with van der Waals surface area (Å²) in [5.74, 6) is 0.582. The first-order valence-electron chi connectivity index (χ1n) is 7.51. The average molecular weight is 308 g/mol. The minimum atomic E-state index is -2.54. The Kier molecular flexibility index (Phi) is 6.45. The quantitative estimate of drug-likeness (QED) is 0.516. The van der Waals surface area contributed by atoms with Gasteiger partial charge in [-0.05, 0) is 25.3 Å². The highest BCUT2D eigenvalue weighted by Gasteiger charge is 2.18. The highest BCUT2D eigenvalue weighted by Crippen LogP contribution is 2.16. The Morgan fingerprint density at radius 1 is 1.32 bits per heavy atom. The van der Waals surface area contributed by atoms with Crippen molar-refractivity contribution in [2.75, 3.05) is 13.1 Å². The lowest BCUT2D eigenvalue weighted by molar-refractivity contribution is 0.206. The molecule has 1 aromatic rings. The molecule has 1 aliphatic rings. The van der Waals surface area contributed by atoms with E-state index in [4.69, 9.17) is 0 Å². The highest BCUT2D eigenvalue weighted by molar-refractivity contribution is 5.80. The molecule has 1 aliphatic heterocycles. The first kappa shape index (κ1) is 16.5. The molecule has 1 fully saturated rings. The zero-order valence-corrected chi connectivity index (χ0v) is 12.8. The number of piperidine rings is 1. The molecule has 0 amide bonds. The van der Waals surface area contributed by atoms with E-state index in [1.165, 1.54) is 5.56 Å². The molecule has 1 saturated heterocycles. The van der Waals surface area contributed by atoms with Crippen molar-refractivity contribution in [2.24, 2.45) is 10.1 Å². The van der Waals surface area contributed by atoms with Crippen LogP contribution in [-0.2, 0) is 6.54 Å². The molecule has 0 atom stereocenters. The van der Waals surface area contributed by atoms with Crippen molar-refractivity contribution >= 4 is 12.1 Å². The fourth-order valence-electron chi connectivity index (χ4n) is 2.54. The monoisotopic (exact) mass is 308 g/mol. The molecule has 6 heteroatoms. The molecule has 22 heavy (non-hydrogen) atoms. The molecule has 0 spiro atoms. The van der Waals surface area contributed by atoms with Gasteiger partial charge in [-0.1, -0.05) is 30.3 Å². The van der Waals surface area contributed by atoms with Gasteiger partial charge in [-0.15, -0.1) is 0 Å². The Morgan fingerprint density at radius 3 is 2.64 bits per heavy atom. The second-order valence-corrected chi connectivity index (χ2v) is 5.43. The van der Waals surface area contributed by atoms with Gasteiger partial charge in [0.05, 0.1) is 12.3 Å². The summed E-state index contributed by atoms with van der Waals surface area (Å²) < 4.78 is 23.9. The van der Waals surface area contributed by atoms with Gasteiger partial charge >= 0.3 is 0 Å². The molecule has 0 saturated carbocycles. The maximum atomic E-state index is 11.9. The van der Waals surface area contributed by atoms with Crippen molar-refractivity contribution in [1.29, 1.82) is 0 Å². The van der Waals surface area contributed by atoms with Crippen LogP contribution in [0.4, 0.5) is 8.78 Å². The summed E-state index contributed by atoms with van der Waals surface area (Å²) in [4.78, 5) is 6.91. The third-order valence-corrected chi connectivity index (χ3v) is 3.60. The van der Waals surface area contributed by atoms with E-state index in [1.807, 2.05) is 6.07 Å². The molecule has 4 nitrogen and oxygen atoms in total. The summed E-state index contributed by atoms with van der Waals surface area (Å²) in [5, 5.41) is 3.44. The van der Waals surface area contributed by atoms with Gasteiger partial charge in [0.25, 0.3) is 6.43 Å². The number of likely N-dealkylation sites (tertiary alicyclic amines) is 1. The predicted octanol–water partition coefficient (Wildman–Crippen LogP) is 2.91. The van der Waals surface area contributed by atoms with Crippen LogP contribution >= 0.6 is 0 Å². The van der Waals surface area contributed by atoms with Crippen LogP contribution in [0.1, 0.15) is 25.3 Å². The van der Waals surface area contributed by atoms with Gasteiger partial charge in [-0.3, -0.25) is 15.3 Å². The average Bonchev–Trinajstić information content (AvgIpc) is 2.50. The number of nitrogens with zero attached hydrogens (tertiary/aromatic N) is 3. The number of alkyl halides is 2. The van der Waals surface area contributed by atoms with Gasteiger partial charge < -0.3 is 0 Å². The number of nitrogens with one attached hydrogen (secondary N) is 1. The largest absolute Gasteiger partial charge is 0.299 e. The summed E-state index contributed by atoms with van der Waals surface area (Å²) in [6, 6.07) is 10.7. The van der Waals surface area contributed by atoms with Crippen LogP contribution in [-0.4, -0.2) is 42.5 Å². The standard InChI is InChI=1S/C16H22F2N4/c1-13(21-19-11-16(17)18)20-15-7-9-22(10-8-15)12-14-5-3-2-4-6-14/h2-6,11,15-16H,7-10,12H2,1H3,(H,20,21)/b19-11+. The van der Waals surface area contributed by atoms with Crippen molar-refractivity contribution in [3.05, 3.63) is 35.9 Å². The minimum absolute atomic E-state index is 0.237. The first-order chi connectivity index (χ1) is 10.6. The molecule has 120 valence electrons. The van der Waals surface area contributed by atoms with E-state index in [2.05, 4.69) is 44.7 Å². The van der Waals surface area contributed by atoms with Crippen LogP contribution in [0.25, 0.3) is 0 Å². The molecule has 1 heterocycles. The van der Waals surface area contributed by atoms with E-state index in [1.54, 1.807) is 6.92 Å². The number of amidine groups is 1. The van der Waals surface area contributed by atoms with Crippen LogP contribution in [0.5, 0.6) is 0 Å². The number of hydrogen-bond donors (Lipinski definition) is 1. The lowest BCUT2D eigenvalue weighted by Gasteiger charge is -2.30. The third kappa shape index (κ3) is 5.89. The van der Waals surface area contributed by atoms with Crippen LogP contribution in [0.2, 0.25) is 0 Å². The SMILES string of the molecule is CC(=NC1CCN(Cc2ccccc2)CC1)N/N=C/C(F)F. The topological polar surface area (TPSA) is 40.0 Å². The molecule has 1 N–H and O–H groups in total. The highest BCUT2D eigenvalue weighted by atomic mass is 19.3. The maximum Gasteiger partial charge on any atom is 0.275 e. The Bertz CT molecular complexity index is 494. The summed E-state index contributed by atoms with van der Waals surface area (Å²) in [6.07, 6.45) is -0.0161. The third-order valence-electron chi connectivity index (χ3n) is 3.60.